The van der Waals surface area contributed by atoms with Gasteiger partial charge in [-0.05, 0) is 42.7 Å². The summed E-state index contributed by atoms with van der Waals surface area (Å²) in [7, 11) is 0. The van der Waals surface area contributed by atoms with Crippen LogP contribution in [0, 0.1) is 0 Å². The van der Waals surface area contributed by atoms with E-state index in [9.17, 15) is 4.79 Å². The van der Waals surface area contributed by atoms with Crippen molar-refractivity contribution in [2.75, 3.05) is 18.9 Å². The van der Waals surface area contributed by atoms with Gasteiger partial charge in [0.1, 0.15) is 0 Å². The lowest BCUT2D eigenvalue weighted by atomic mass is 10.1. The molecule has 2 N–H and O–H groups in total. The molecule has 5 heteroatoms. The molecule has 0 saturated heterocycles. The summed E-state index contributed by atoms with van der Waals surface area (Å²) in [4.78, 5) is 19.2. The molecule has 0 aromatic heterocycles. The molecule has 1 aliphatic rings. The highest BCUT2D eigenvalue weighted by atomic mass is 16.5. The maximum atomic E-state index is 13.0. The van der Waals surface area contributed by atoms with E-state index in [4.69, 9.17) is 10.5 Å². The molecule has 0 fully saturated rings. The molecule has 1 aliphatic heterocycles. The van der Waals surface area contributed by atoms with Gasteiger partial charge in [-0.1, -0.05) is 30.3 Å². The minimum Gasteiger partial charge on any atom is -0.483 e. The van der Waals surface area contributed by atoms with Crippen molar-refractivity contribution >= 4 is 18.0 Å². The molecule has 0 radical (unpaired) electrons. The summed E-state index contributed by atoms with van der Waals surface area (Å²) >= 11 is 0. The van der Waals surface area contributed by atoms with Crippen molar-refractivity contribution in [1.29, 1.82) is 0 Å². The van der Waals surface area contributed by atoms with Gasteiger partial charge in [0.15, 0.2) is 6.40 Å². The highest BCUT2D eigenvalue weighted by Gasteiger charge is 2.17. The van der Waals surface area contributed by atoms with Crippen LogP contribution >= 0.6 is 0 Å². The first-order valence-electron chi connectivity index (χ1n) is 9.04. The van der Waals surface area contributed by atoms with Gasteiger partial charge in [0.05, 0.1) is 12.6 Å². The average Bonchev–Trinajstić information content (AvgIpc) is 2.69. The van der Waals surface area contributed by atoms with Crippen LogP contribution in [-0.4, -0.2) is 36.4 Å². The first-order chi connectivity index (χ1) is 12.7. The van der Waals surface area contributed by atoms with Crippen LogP contribution in [0.25, 0.3) is 0 Å². The van der Waals surface area contributed by atoms with Crippen LogP contribution in [0.4, 0.5) is 5.69 Å². The Morgan fingerprint density at radius 1 is 1.15 bits per heavy atom. The number of hydrogen-bond donors (Lipinski definition) is 1. The zero-order chi connectivity index (χ0) is 18.2. The van der Waals surface area contributed by atoms with Gasteiger partial charge in [-0.15, -0.1) is 0 Å². The molecule has 2 aromatic carbocycles. The summed E-state index contributed by atoms with van der Waals surface area (Å²) in [5, 5.41) is 0. The number of amides is 1. The van der Waals surface area contributed by atoms with E-state index in [2.05, 4.69) is 4.99 Å². The van der Waals surface area contributed by atoms with Crippen LogP contribution in [0.1, 0.15) is 35.2 Å². The lowest BCUT2D eigenvalue weighted by Crippen LogP contribution is -2.32. The van der Waals surface area contributed by atoms with Gasteiger partial charge in [-0.2, -0.15) is 0 Å². The number of nitrogens with zero attached hydrogens (tertiary/aromatic N) is 2. The number of aliphatic imine (C=N–C) groups is 1. The average molecular weight is 351 g/mol. The molecular weight excluding hydrogens is 326 g/mol. The van der Waals surface area contributed by atoms with Crippen molar-refractivity contribution in [3.63, 3.8) is 0 Å². The molecule has 1 atom stereocenters. The standard InChI is InChI=1S/C21H25N3O2/c22-19-10-8-18(9-11-19)21(25)24(15-17-5-2-1-3-6-17)13-4-7-20-12-14-26-16-23-20/h1-3,5-6,8-11,16,20H,4,7,12-15,22H2. The molecule has 1 heterocycles. The van der Waals surface area contributed by atoms with E-state index in [0.29, 0.717) is 30.4 Å². The van der Waals surface area contributed by atoms with E-state index in [1.165, 1.54) is 0 Å². The Labute approximate surface area is 154 Å². The number of nitrogens with two attached hydrogens (primary N) is 1. The van der Waals surface area contributed by atoms with Crippen LogP contribution in [0.2, 0.25) is 0 Å². The number of carbonyl (C=O) groups excluding carboxylic acids is 1. The Morgan fingerprint density at radius 3 is 2.62 bits per heavy atom. The van der Waals surface area contributed by atoms with Crippen molar-refractivity contribution in [2.24, 2.45) is 4.99 Å². The SMILES string of the molecule is Nc1ccc(C(=O)N(CCCC2CCOC=N2)Cc2ccccc2)cc1. The number of rotatable bonds is 7. The number of carbonyl (C=O) groups is 1. The molecule has 0 saturated carbocycles. The van der Waals surface area contributed by atoms with Gasteiger partial charge in [-0.3, -0.25) is 9.79 Å². The first-order valence-corrected chi connectivity index (χ1v) is 9.04. The zero-order valence-electron chi connectivity index (χ0n) is 14.9. The van der Waals surface area contributed by atoms with E-state index in [1.807, 2.05) is 35.2 Å². The summed E-state index contributed by atoms with van der Waals surface area (Å²) in [6, 6.07) is 17.5. The molecule has 2 aromatic rings. The Hall–Kier alpha value is -2.82. The van der Waals surface area contributed by atoms with E-state index in [0.717, 1.165) is 31.4 Å². The fourth-order valence-corrected chi connectivity index (χ4v) is 3.06. The van der Waals surface area contributed by atoms with Crippen molar-refractivity contribution in [3.05, 3.63) is 65.7 Å². The second-order valence-corrected chi connectivity index (χ2v) is 6.54. The minimum atomic E-state index is 0.0318. The molecule has 5 nitrogen and oxygen atoms in total. The maximum absolute atomic E-state index is 13.0. The van der Waals surface area contributed by atoms with Gasteiger partial charge in [-0.25, -0.2) is 0 Å². The summed E-state index contributed by atoms with van der Waals surface area (Å²) in [6.45, 7) is 2.03. The van der Waals surface area contributed by atoms with E-state index >= 15 is 0 Å². The lowest BCUT2D eigenvalue weighted by molar-refractivity contribution is 0.0738. The molecule has 26 heavy (non-hydrogen) atoms. The lowest BCUT2D eigenvalue weighted by Gasteiger charge is -2.24. The zero-order valence-corrected chi connectivity index (χ0v) is 14.9. The Balaban J connectivity index is 1.66. The highest BCUT2D eigenvalue weighted by molar-refractivity contribution is 5.94. The summed E-state index contributed by atoms with van der Waals surface area (Å²) in [5.41, 5.74) is 8.19. The fourth-order valence-electron chi connectivity index (χ4n) is 3.06. The van der Waals surface area contributed by atoms with Crippen molar-refractivity contribution < 1.29 is 9.53 Å². The van der Waals surface area contributed by atoms with E-state index in [1.54, 1.807) is 30.7 Å². The molecule has 3 rings (SSSR count). The Bertz CT molecular complexity index is 729. The molecule has 0 bridgehead atoms. The maximum Gasteiger partial charge on any atom is 0.254 e. The number of anilines is 1. The largest absolute Gasteiger partial charge is 0.483 e. The monoisotopic (exact) mass is 351 g/mol. The van der Waals surface area contributed by atoms with Crippen LogP contribution in [0.15, 0.2) is 59.6 Å². The molecule has 1 amide bonds. The first kappa shape index (κ1) is 18.0. The molecular formula is C21H25N3O2. The second kappa shape index (κ2) is 9.04. The predicted octanol–water partition coefficient (Wildman–Crippen LogP) is 3.51. The quantitative estimate of drug-likeness (QED) is 0.776. The highest BCUT2D eigenvalue weighted by Crippen LogP contribution is 2.15. The summed E-state index contributed by atoms with van der Waals surface area (Å²) in [6.07, 6.45) is 4.37. The number of hydrogen-bond acceptors (Lipinski definition) is 4. The van der Waals surface area contributed by atoms with Gasteiger partial charge >= 0.3 is 0 Å². The van der Waals surface area contributed by atoms with Crippen molar-refractivity contribution in [2.45, 2.75) is 31.8 Å². The third-order valence-electron chi connectivity index (χ3n) is 4.54. The third-order valence-corrected chi connectivity index (χ3v) is 4.54. The van der Waals surface area contributed by atoms with Crippen LogP contribution in [0.3, 0.4) is 0 Å². The van der Waals surface area contributed by atoms with Crippen molar-refractivity contribution in [3.8, 4) is 0 Å². The van der Waals surface area contributed by atoms with E-state index in [-0.39, 0.29) is 5.91 Å². The summed E-state index contributed by atoms with van der Waals surface area (Å²) < 4.78 is 5.15. The number of benzene rings is 2. The molecule has 136 valence electrons. The smallest absolute Gasteiger partial charge is 0.254 e. The topological polar surface area (TPSA) is 67.9 Å². The fraction of sp³-hybridized carbons (Fsp3) is 0.333. The number of nitrogen functional groups attached to an aromatic ring is 1. The Kier molecular flexibility index (Phi) is 6.25. The van der Waals surface area contributed by atoms with Crippen LogP contribution < -0.4 is 5.73 Å². The molecule has 0 spiro atoms. The second-order valence-electron chi connectivity index (χ2n) is 6.54. The molecule has 0 aliphatic carbocycles. The Morgan fingerprint density at radius 2 is 1.92 bits per heavy atom. The van der Waals surface area contributed by atoms with Gasteiger partial charge < -0.3 is 15.4 Å². The van der Waals surface area contributed by atoms with Crippen LogP contribution in [-0.2, 0) is 11.3 Å². The minimum absolute atomic E-state index is 0.0318. The van der Waals surface area contributed by atoms with Gasteiger partial charge in [0, 0.05) is 30.8 Å². The van der Waals surface area contributed by atoms with E-state index < -0.39 is 0 Å². The normalized spacial score (nSPS) is 16.1. The predicted molar refractivity (Wildman–Crippen MR) is 104 cm³/mol. The summed E-state index contributed by atoms with van der Waals surface area (Å²) in [5.74, 6) is 0.0318. The third kappa shape index (κ3) is 5.09. The van der Waals surface area contributed by atoms with Gasteiger partial charge in [0.25, 0.3) is 5.91 Å². The molecule has 1 unspecified atom stereocenters. The van der Waals surface area contributed by atoms with Gasteiger partial charge in [0.2, 0.25) is 0 Å². The van der Waals surface area contributed by atoms with Crippen LogP contribution in [0.5, 0.6) is 0 Å². The number of ether oxygens (including phenoxy) is 1. The van der Waals surface area contributed by atoms with Crippen molar-refractivity contribution in [1.82, 2.24) is 4.90 Å².